The van der Waals surface area contributed by atoms with E-state index in [1.807, 2.05) is 16.0 Å². The maximum atomic E-state index is 14.1. The molecule has 10 atom stereocenters. The number of aromatic hydroxyl groups is 1. The van der Waals surface area contributed by atoms with E-state index in [1.54, 1.807) is 0 Å². The zero-order valence-corrected chi connectivity index (χ0v) is 43.1. The molecule has 0 saturated heterocycles. The Labute approximate surface area is 451 Å². The van der Waals surface area contributed by atoms with E-state index in [4.69, 9.17) is 45.9 Å². The van der Waals surface area contributed by atoms with Crippen LogP contribution >= 0.6 is 0 Å². The number of nitrogens with one attached hydrogen (secondary N) is 8. The third kappa shape index (κ3) is 26.7. The van der Waals surface area contributed by atoms with E-state index in [9.17, 15) is 82.8 Å². The summed E-state index contributed by atoms with van der Waals surface area (Å²) in [5.41, 5.74) is 43.6. The van der Waals surface area contributed by atoms with Crippen LogP contribution in [0.4, 0.5) is 0 Å². The second-order valence-electron chi connectivity index (χ2n) is 17.9. The Morgan fingerprint density at radius 1 is 0.519 bits per heavy atom. The van der Waals surface area contributed by atoms with Crippen LogP contribution in [0.5, 0.6) is 5.75 Å². The summed E-state index contributed by atoms with van der Waals surface area (Å²) in [7, 11) is 0. The van der Waals surface area contributed by atoms with Crippen LogP contribution in [0.15, 0.2) is 29.3 Å². The molecule has 440 valence electrons. The fourth-order valence-corrected chi connectivity index (χ4v) is 7.02. The number of unbranched alkanes of at least 4 members (excludes halogenated alkanes) is 1. The van der Waals surface area contributed by atoms with E-state index in [0.717, 1.165) is 6.92 Å². The summed E-state index contributed by atoms with van der Waals surface area (Å²) >= 11 is 0. The maximum Gasteiger partial charge on any atom is 0.326 e. The Morgan fingerprint density at radius 3 is 1.41 bits per heavy atom. The molecule has 0 aliphatic rings. The minimum Gasteiger partial charge on any atom is -0.508 e. The van der Waals surface area contributed by atoms with Crippen molar-refractivity contribution in [3.8, 4) is 5.75 Å². The first-order valence-corrected chi connectivity index (χ1v) is 24.4. The van der Waals surface area contributed by atoms with Crippen molar-refractivity contribution in [2.75, 3.05) is 19.7 Å². The molecule has 0 radical (unpaired) electrons. The molecule has 0 fully saturated rings. The van der Waals surface area contributed by atoms with Crippen molar-refractivity contribution in [1.82, 2.24) is 42.5 Å². The van der Waals surface area contributed by atoms with Crippen LogP contribution in [0.2, 0.25) is 0 Å². The topological polar surface area (TPSA) is 620 Å². The zero-order chi connectivity index (χ0) is 60.1. The quantitative estimate of drug-likeness (QED) is 0.0166. The number of carbonyl (C=O) groups is 13. The SMILES string of the molecule is C[C@@H](O)[C@H](NC(=O)[C@H](CC(N)=O)NC(=O)[C@H](CC(N)=O)NC(=O)[C@H](Cc1ccc(O)cc1)NC(=O)[C@H](CO)NC(=O)[C@H](CCCN=C(N)N)NC(=O)[C@@H](N)CCCCN)C(=O)N[C@@H](CC(N)=O)C(=O)N[C@@H](CCC(N)=O)C(=O)O. The number of carboxylic acids is 1. The molecular formula is C45H73N17O17. The largest absolute Gasteiger partial charge is 0.508 e. The lowest BCUT2D eigenvalue weighted by atomic mass is 10.0. The number of benzene rings is 1. The van der Waals surface area contributed by atoms with Gasteiger partial charge in [0.25, 0.3) is 0 Å². The number of guanidine groups is 1. The molecule has 0 aliphatic heterocycles. The first-order chi connectivity index (χ1) is 37.0. The fraction of sp³-hybridized carbons (Fsp3) is 0.556. The second-order valence-corrected chi connectivity index (χ2v) is 17.9. The van der Waals surface area contributed by atoms with Crippen LogP contribution in [0.1, 0.15) is 76.7 Å². The molecule has 0 heterocycles. The first-order valence-electron chi connectivity index (χ1n) is 24.4. The van der Waals surface area contributed by atoms with E-state index in [-0.39, 0.29) is 43.1 Å². The lowest BCUT2D eigenvalue weighted by Crippen LogP contribution is -2.62. The highest BCUT2D eigenvalue weighted by Crippen LogP contribution is 2.13. The van der Waals surface area contributed by atoms with Crippen molar-refractivity contribution in [3.05, 3.63) is 29.8 Å². The highest BCUT2D eigenvalue weighted by molar-refractivity contribution is 6.00. The van der Waals surface area contributed by atoms with Crippen LogP contribution in [0.25, 0.3) is 0 Å². The number of aliphatic carboxylic acids is 1. The average molecular weight is 1120 g/mol. The number of phenols is 1. The summed E-state index contributed by atoms with van der Waals surface area (Å²) in [6, 6.07) is -10.9. The van der Waals surface area contributed by atoms with Crippen LogP contribution in [0.3, 0.4) is 0 Å². The molecule has 1 aromatic rings. The molecule has 0 spiro atoms. The monoisotopic (exact) mass is 1120 g/mol. The van der Waals surface area contributed by atoms with E-state index in [1.165, 1.54) is 24.3 Å². The van der Waals surface area contributed by atoms with Crippen molar-refractivity contribution < 1.29 is 82.8 Å². The Kier molecular flexibility index (Phi) is 30.1. The minimum absolute atomic E-state index is 0.0201. The van der Waals surface area contributed by atoms with E-state index >= 15 is 0 Å². The molecule has 1 aromatic carbocycles. The Hall–Kier alpha value is -8.76. The number of hydrogen-bond acceptors (Lipinski definition) is 19. The molecule has 34 heteroatoms. The second kappa shape index (κ2) is 34.8. The predicted molar refractivity (Wildman–Crippen MR) is 274 cm³/mol. The lowest BCUT2D eigenvalue weighted by Gasteiger charge is -2.28. The molecule has 0 bridgehead atoms. The van der Waals surface area contributed by atoms with Crippen LogP contribution in [-0.2, 0) is 68.7 Å². The van der Waals surface area contributed by atoms with Gasteiger partial charge in [-0.05, 0) is 63.3 Å². The molecule has 0 aliphatic carbocycles. The molecule has 28 N–H and O–H groups in total. The predicted octanol–water partition coefficient (Wildman–Crippen LogP) is -10.3. The Bertz CT molecular complexity index is 2350. The number of primary amides is 4. The van der Waals surface area contributed by atoms with Crippen LogP contribution < -0.4 is 88.4 Å². The van der Waals surface area contributed by atoms with Crippen molar-refractivity contribution in [1.29, 1.82) is 0 Å². The third-order valence-electron chi connectivity index (χ3n) is 11.2. The molecule has 79 heavy (non-hydrogen) atoms. The Morgan fingerprint density at radius 2 is 0.949 bits per heavy atom. The number of carboxylic acid groups (broad SMARTS) is 1. The Balaban J connectivity index is 3.53. The van der Waals surface area contributed by atoms with Gasteiger partial charge in [0.15, 0.2) is 5.96 Å². The number of amides is 12. The molecule has 12 amide bonds. The van der Waals surface area contributed by atoms with Crippen LogP contribution in [-0.4, -0.2) is 183 Å². The number of nitrogens with two attached hydrogens (primary N) is 8. The minimum atomic E-state index is -2.10. The van der Waals surface area contributed by atoms with Crippen molar-refractivity contribution in [3.63, 3.8) is 0 Å². The molecular weight excluding hydrogens is 1050 g/mol. The summed E-state index contributed by atoms with van der Waals surface area (Å²) < 4.78 is 0. The smallest absolute Gasteiger partial charge is 0.326 e. The molecule has 0 saturated carbocycles. The van der Waals surface area contributed by atoms with Crippen LogP contribution in [0, 0.1) is 0 Å². The number of aliphatic hydroxyl groups is 2. The molecule has 34 nitrogen and oxygen atoms in total. The number of aliphatic imine (C=N–C) groups is 1. The molecule has 0 aromatic heterocycles. The number of phenolic OH excluding ortho intramolecular Hbond substituents is 1. The number of aliphatic hydroxyl groups excluding tert-OH is 2. The average Bonchev–Trinajstić information content (AvgIpc) is 3.36. The van der Waals surface area contributed by atoms with Crippen molar-refractivity contribution in [2.45, 2.75) is 138 Å². The van der Waals surface area contributed by atoms with E-state index < -0.39 is 182 Å². The highest BCUT2D eigenvalue weighted by atomic mass is 16.4. The van der Waals surface area contributed by atoms with Gasteiger partial charge in [0.1, 0.15) is 54.1 Å². The summed E-state index contributed by atoms with van der Waals surface area (Å²) in [5.74, 6) is -16.5. The van der Waals surface area contributed by atoms with Gasteiger partial charge >= 0.3 is 5.97 Å². The number of nitrogens with zero attached hydrogens (tertiary/aromatic N) is 1. The molecule has 0 unspecified atom stereocenters. The normalized spacial score (nSPS) is 14.6. The van der Waals surface area contributed by atoms with E-state index in [0.29, 0.717) is 19.4 Å². The summed E-state index contributed by atoms with van der Waals surface area (Å²) in [5, 5.41) is 57.7. The summed E-state index contributed by atoms with van der Waals surface area (Å²) in [6.45, 7) is 0.229. The molecule has 1 rings (SSSR count). The van der Waals surface area contributed by atoms with Gasteiger partial charge in [-0.3, -0.25) is 62.5 Å². The van der Waals surface area contributed by atoms with Gasteiger partial charge in [0.05, 0.1) is 38.0 Å². The third-order valence-corrected chi connectivity index (χ3v) is 11.2. The van der Waals surface area contributed by atoms with Crippen molar-refractivity contribution in [2.24, 2.45) is 50.9 Å². The number of rotatable bonds is 38. The van der Waals surface area contributed by atoms with Gasteiger partial charge < -0.3 is 109 Å². The summed E-state index contributed by atoms with van der Waals surface area (Å²) in [6.07, 6.45) is -5.10. The van der Waals surface area contributed by atoms with Gasteiger partial charge in [0.2, 0.25) is 70.9 Å². The first kappa shape index (κ1) is 68.3. The van der Waals surface area contributed by atoms with Gasteiger partial charge in [-0.25, -0.2) is 4.79 Å². The van der Waals surface area contributed by atoms with Gasteiger partial charge in [-0.15, -0.1) is 0 Å². The van der Waals surface area contributed by atoms with Gasteiger partial charge in [-0.1, -0.05) is 18.6 Å². The summed E-state index contributed by atoms with van der Waals surface area (Å²) in [4.78, 5) is 172. The van der Waals surface area contributed by atoms with Crippen molar-refractivity contribution >= 4 is 82.8 Å². The number of carbonyl (C=O) groups excluding carboxylic acids is 12. The standard InChI is InChI=1S/C45H73N17O17/c1-20(64)35(43(77)60-28(17-33(50)68)39(73)56-25(44(78)79)11-12-31(48)66)62-41(75)29(18-34(51)69)59-40(74)27(16-32(49)67)58-38(72)26(15-21-7-9-22(65)10-8-21)57-42(76)30(19-63)61-37(71)24(6-4-14-54-45(52)53)55-36(70)23(47)5-2-3-13-46/h7-10,20,23-30,35,63-65H,2-6,11-19,46-47H2,1H3,(H2,48,66)(H2,49,67)(H2,50,68)(H2,51,69)(H,55,70)(H,56,73)(H,57,76)(H,58,72)(H,59,74)(H,60,77)(H,61,71)(H,62,75)(H,78,79)(H4,52,53,54)/t20-,23+,24+,25+,26+,27+,28+,29+,30+,35+/m1/s1. The van der Waals surface area contributed by atoms with Gasteiger partial charge in [0, 0.05) is 19.4 Å². The van der Waals surface area contributed by atoms with Gasteiger partial charge in [-0.2, -0.15) is 0 Å². The fourth-order valence-electron chi connectivity index (χ4n) is 7.02. The zero-order valence-electron chi connectivity index (χ0n) is 43.1. The highest BCUT2D eigenvalue weighted by Gasteiger charge is 2.37. The number of hydrogen-bond donors (Lipinski definition) is 20. The lowest BCUT2D eigenvalue weighted by molar-refractivity contribution is -0.143. The maximum absolute atomic E-state index is 14.1. The van der Waals surface area contributed by atoms with E-state index in [2.05, 4.69) is 31.6 Å².